The second-order valence-electron chi connectivity index (χ2n) is 5.82. The summed E-state index contributed by atoms with van der Waals surface area (Å²) < 4.78 is 6.62. The molecule has 0 aliphatic heterocycles. The molecular formula is C20H22N4O4. The van der Waals surface area contributed by atoms with E-state index >= 15 is 0 Å². The summed E-state index contributed by atoms with van der Waals surface area (Å²) in [6.07, 6.45) is 4.28. The Kier molecular flexibility index (Phi) is 7.27. The predicted molar refractivity (Wildman–Crippen MR) is 105 cm³/mol. The Labute approximate surface area is 162 Å². The quantitative estimate of drug-likeness (QED) is 0.433. The third-order valence-electron chi connectivity index (χ3n) is 3.74. The Morgan fingerprint density at radius 2 is 1.93 bits per heavy atom. The van der Waals surface area contributed by atoms with Crippen molar-refractivity contribution in [3.05, 3.63) is 66.0 Å². The number of amides is 3. The molecule has 0 aliphatic carbocycles. The van der Waals surface area contributed by atoms with Crippen LogP contribution in [0.2, 0.25) is 0 Å². The highest BCUT2D eigenvalue weighted by atomic mass is 16.5. The number of para-hydroxylation sites is 1. The standard InChI is InChI=1S/C20H22N4O4/c1-4-12-21-20(27)22-18(25)13-28-19(26)11-10-17-14(2)23-24(15(17)3)16-8-6-5-7-9-16/h4-11H,1,12-13H2,2-3H3,(H2,21,22,25,27)/b11-10+. The SMILES string of the molecule is C=CCNC(=O)NC(=O)COC(=O)/C=C/c1c(C)nn(-c2ccccc2)c1C. The Hall–Kier alpha value is -3.68. The van der Waals surface area contributed by atoms with Gasteiger partial charge in [-0.2, -0.15) is 5.10 Å². The maximum atomic E-state index is 11.8. The predicted octanol–water partition coefficient (Wildman–Crippen LogP) is 2.06. The van der Waals surface area contributed by atoms with Crippen LogP contribution in [0.25, 0.3) is 11.8 Å². The van der Waals surface area contributed by atoms with E-state index < -0.39 is 24.5 Å². The van der Waals surface area contributed by atoms with Crippen molar-refractivity contribution < 1.29 is 19.1 Å². The Morgan fingerprint density at radius 1 is 1.21 bits per heavy atom. The van der Waals surface area contributed by atoms with Crippen molar-refractivity contribution in [2.75, 3.05) is 13.2 Å². The number of carbonyl (C=O) groups excluding carboxylic acids is 3. The van der Waals surface area contributed by atoms with Crippen LogP contribution in [-0.2, 0) is 14.3 Å². The molecule has 3 amide bonds. The average Bonchev–Trinajstić information content (AvgIpc) is 2.97. The number of aryl methyl sites for hydroxylation is 1. The van der Waals surface area contributed by atoms with Gasteiger partial charge in [0.15, 0.2) is 6.61 Å². The third-order valence-corrected chi connectivity index (χ3v) is 3.74. The first kappa shape index (κ1) is 20.6. The van der Waals surface area contributed by atoms with Gasteiger partial charge >= 0.3 is 12.0 Å². The monoisotopic (exact) mass is 382 g/mol. The summed E-state index contributed by atoms with van der Waals surface area (Å²) in [6.45, 7) is 6.83. The molecule has 2 aromatic rings. The van der Waals surface area contributed by atoms with Gasteiger partial charge in [-0.1, -0.05) is 24.3 Å². The maximum Gasteiger partial charge on any atom is 0.331 e. The van der Waals surface area contributed by atoms with Gasteiger partial charge < -0.3 is 10.1 Å². The molecule has 0 fully saturated rings. The van der Waals surface area contributed by atoms with Gasteiger partial charge in [-0.05, 0) is 32.1 Å². The van der Waals surface area contributed by atoms with Crippen molar-refractivity contribution in [3.8, 4) is 5.69 Å². The molecule has 2 rings (SSSR count). The van der Waals surface area contributed by atoms with E-state index in [2.05, 4.69) is 17.0 Å². The molecule has 0 atom stereocenters. The summed E-state index contributed by atoms with van der Waals surface area (Å²) in [5.74, 6) is -1.43. The van der Waals surface area contributed by atoms with E-state index in [0.29, 0.717) is 0 Å². The lowest BCUT2D eigenvalue weighted by atomic mass is 10.2. The summed E-state index contributed by atoms with van der Waals surface area (Å²) in [7, 11) is 0. The molecular weight excluding hydrogens is 360 g/mol. The first-order valence-corrected chi connectivity index (χ1v) is 8.57. The van der Waals surface area contributed by atoms with Gasteiger partial charge in [0.25, 0.3) is 5.91 Å². The van der Waals surface area contributed by atoms with Crippen molar-refractivity contribution in [2.45, 2.75) is 13.8 Å². The van der Waals surface area contributed by atoms with Crippen molar-refractivity contribution >= 4 is 24.0 Å². The number of benzene rings is 1. The van der Waals surface area contributed by atoms with E-state index in [0.717, 1.165) is 22.6 Å². The number of carbonyl (C=O) groups is 3. The number of hydrogen-bond acceptors (Lipinski definition) is 5. The van der Waals surface area contributed by atoms with E-state index in [1.54, 1.807) is 10.8 Å². The minimum absolute atomic E-state index is 0.219. The van der Waals surface area contributed by atoms with Crippen molar-refractivity contribution in [1.29, 1.82) is 0 Å². The average molecular weight is 382 g/mol. The second kappa shape index (κ2) is 9.86. The lowest BCUT2D eigenvalue weighted by molar-refractivity contribution is -0.143. The molecule has 0 saturated carbocycles. The van der Waals surface area contributed by atoms with Gasteiger partial charge in [0.1, 0.15) is 0 Å². The Morgan fingerprint density at radius 3 is 2.61 bits per heavy atom. The topological polar surface area (TPSA) is 102 Å². The Balaban J connectivity index is 1.94. The zero-order valence-electron chi connectivity index (χ0n) is 15.8. The second-order valence-corrected chi connectivity index (χ2v) is 5.82. The van der Waals surface area contributed by atoms with Gasteiger partial charge in [-0.3, -0.25) is 10.1 Å². The minimum atomic E-state index is -0.729. The molecule has 146 valence electrons. The van der Waals surface area contributed by atoms with Crippen LogP contribution in [0.15, 0.2) is 49.1 Å². The van der Waals surface area contributed by atoms with Crippen LogP contribution in [0, 0.1) is 13.8 Å². The highest BCUT2D eigenvalue weighted by Gasteiger charge is 2.12. The van der Waals surface area contributed by atoms with Gasteiger partial charge in [0, 0.05) is 23.9 Å². The molecule has 8 nitrogen and oxygen atoms in total. The van der Waals surface area contributed by atoms with E-state index in [-0.39, 0.29) is 6.54 Å². The minimum Gasteiger partial charge on any atom is -0.452 e. The van der Waals surface area contributed by atoms with E-state index in [4.69, 9.17) is 4.74 Å². The van der Waals surface area contributed by atoms with Crippen molar-refractivity contribution in [2.24, 2.45) is 0 Å². The van der Waals surface area contributed by atoms with Gasteiger partial charge in [-0.25, -0.2) is 14.3 Å². The number of ether oxygens (including phenoxy) is 1. The van der Waals surface area contributed by atoms with Crippen molar-refractivity contribution in [1.82, 2.24) is 20.4 Å². The van der Waals surface area contributed by atoms with E-state index in [9.17, 15) is 14.4 Å². The largest absolute Gasteiger partial charge is 0.452 e. The van der Waals surface area contributed by atoms with Gasteiger partial charge in [0.05, 0.1) is 11.4 Å². The van der Waals surface area contributed by atoms with E-state index in [1.807, 2.05) is 49.5 Å². The molecule has 1 aromatic carbocycles. The molecule has 1 aromatic heterocycles. The lowest BCUT2D eigenvalue weighted by Gasteiger charge is -2.05. The number of urea groups is 1. The van der Waals surface area contributed by atoms with Gasteiger partial charge in [0.2, 0.25) is 0 Å². The van der Waals surface area contributed by atoms with Crippen molar-refractivity contribution in [3.63, 3.8) is 0 Å². The van der Waals surface area contributed by atoms with E-state index in [1.165, 1.54) is 12.2 Å². The molecule has 1 heterocycles. The first-order chi connectivity index (χ1) is 13.4. The number of esters is 1. The molecule has 2 N–H and O–H groups in total. The fourth-order valence-corrected chi connectivity index (χ4v) is 2.42. The summed E-state index contributed by atoms with van der Waals surface area (Å²) in [4.78, 5) is 34.7. The number of aromatic nitrogens is 2. The van der Waals surface area contributed by atoms with Crippen LogP contribution in [-0.4, -0.2) is 40.8 Å². The first-order valence-electron chi connectivity index (χ1n) is 8.57. The molecule has 8 heteroatoms. The number of nitrogens with zero attached hydrogens (tertiary/aromatic N) is 2. The highest BCUT2D eigenvalue weighted by molar-refractivity contribution is 5.96. The summed E-state index contributed by atoms with van der Waals surface area (Å²) in [6, 6.07) is 8.94. The fraction of sp³-hybridized carbons (Fsp3) is 0.200. The normalized spacial score (nSPS) is 10.5. The number of hydrogen-bond donors (Lipinski definition) is 2. The summed E-state index contributed by atoms with van der Waals surface area (Å²) >= 11 is 0. The fourth-order valence-electron chi connectivity index (χ4n) is 2.42. The Bertz CT molecular complexity index is 900. The van der Waals surface area contributed by atoms with Crippen LogP contribution >= 0.6 is 0 Å². The molecule has 0 unspecified atom stereocenters. The van der Waals surface area contributed by atoms with Gasteiger partial charge in [-0.15, -0.1) is 6.58 Å². The summed E-state index contributed by atoms with van der Waals surface area (Å²) in [5.41, 5.74) is 3.32. The molecule has 0 spiro atoms. The number of rotatable bonds is 7. The van der Waals surface area contributed by atoms with Crippen LogP contribution in [0.5, 0.6) is 0 Å². The number of imide groups is 1. The maximum absolute atomic E-state index is 11.8. The smallest absolute Gasteiger partial charge is 0.331 e. The van der Waals surface area contributed by atoms with Crippen LogP contribution < -0.4 is 10.6 Å². The number of nitrogens with one attached hydrogen (secondary N) is 2. The lowest BCUT2D eigenvalue weighted by Crippen LogP contribution is -2.41. The van der Waals surface area contributed by atoms with Crippen LogP contribution in [0.3, 0.4) is 0 Å². The van der Waals surface area contributed by atoms with Crippen LogP contribution in [0.4, 0.5) is 4.79 Å². The molecule has 0 bridgehead atoms. The highest BCUT2D eigenvalue weighted by Crippen LogP contribution is 2.19. The molecule has 0 saturated heterocycles. The summed E-state index contributed by atoms with van der Waals surface area (Å²) in [5, 5.41) is 8.89. The third kappa shape index (κ3) is 5.66. The molecule has 0 aliphatic rings. The zero-order chi connectivity index (χ0) is 20.5. The van der Waals surface area contributed by atoms with Crippen LogP contribution in [0.1, 0.15) is 17.0 Å². The molecule has 0 radical (unpaired) electrons. The zero-order valence-corrected chi connectivity index (χ0v) is 15.8. The molecule has 28 heavy (non-hydrogen) atoms.